The first-order chi connectivity index (χ1) is 17.0. The van der Waals surface area contributed by atoms with Crippen molar-refractivity contribution in [1.29, 1.82) is 0 Å². The Morgan fingerprint density at radius 1 is 1.14 bits per heavy atom. The van der Waals surface area contributed by atoms with Crippen LogP contribution in [0.3, 0.4) is 0 Å². The van der Waals surface area contributed by atoms with Gasteiger partial charge in [-0.2, -0.15) is 0 Å². The van der Waals surface area contributed by atoms with E-state index in [2.05, 4.69) is 17.4 Å². The number of benzene rings is 2. The quantitative estimate of drug-likeness (QED) is 0.640. The molecule has 1 saturated heterocycles. The minimum atomic E-state index is -0.603. The van der Waals surface area contributed by atoms with E-state index >= 15 is 0 Å². The van der Waals surface area contributed by atoms with Gasteiger partial charge in [-0.1, -0.05) is 36.4 Å². The average Bonchev–Trinajstić information content (AvgIpc) is 3.14. The Morgan fingerprint density at radius 3 is 2.53 bits per heavy atom. The molecule has 36 heavy (non-hydrogen) atoms. The standard InChI is InChI=1S/C28H35N3O5/c1-19-15-29-28(14-20-9-7-6-8-10-20,18-31(19)26(34)36-27(2,3)4)17-30-16-22-12-11-21(25(33)35-5)13-23(22)24(30)32/h6-13,19,29H,14-18H2,1-5H3/t19-,28+/m1/s1. The van der Waals surface area contributed by atoms with Crippen molar-refractivity contribution >= 4 is 18.0 Å². The Bertz CT molecular complexity index is 1140. The summed E-state index contributed by atoms with van der Waals surface area (Å²) in [7, 11) is 1.32. The summed E-state index contributed by atoms with van der Waals surface area (Å²) in [5.41, 5.74) is 1.67. The molecule has 8 heteroatoms. The number of piperazine rings is 1. The van der Waals surface area contributed by atoms with E-state index in [0.29, 0.717) is 43.7 Å². The maximum absolute atomic E-state index is 13.4. The van der Waals surface area contributed by atoms with E-state index < -0.39 is 17.1 Å². The first-order valence-electron chi connectivity index (χ1n) is 12.3. The number of carbonyl (C=O) groups is 3. The van der Waals surface area contributed by atoms with Gasteiger partial charge in [-0.05, 0) is 57.4 Å². The van der Waals surface area contributed by atoms with Crippen molar-refractivity contribution in [2.75, 3.05) is 26.7 Å². The van der Waals surface area contributed by atoms with Gasteiger partial charge in [0.2, 0.25) is 0 Å². The van der Waals surface area contributed by atoms with E-state index in [1.165, 1.54) is 7.11 Å². The summed E-state index contributed by atoms with van der Waals surface area (Å²) in [5.74, 6) is -0.604. The molecule has 0 aromatic heterocycles. The number of methoxy groups -OCH3 is 1. The van der Waals surface area contributed by atoms with Gasteiger partial charge in [-0.15, -0.1) is 0 Å². The lowest BCUT2D eigenvalue weighted by Crippen LogP contribution is -2.69. The Hall–Kier alpha value is -3.39. The van der Waals surface area contributed by atoms with E-state index in [0.717, 1.165) is 11.1 Å². The van der Waals surface area contributed by atoms with Gasteiger partial charge in [0.15, 0.2) is 0 Å². The zero-order valence-corrected chi connectivity index (χ0v) is 21.7. The smallest absolute Gasteiger partial charge is 0.410 e. The van der Waals surface area contributed by atoms with E-state index in [-0.39, 0.29) is 18.0 Å². The molecule has 2 atom stereocenters. The van der Waals surface area contributed by atoms with Gasteiger partial charge in [0.1, 0.15) is 5.60 Å². The minimum Gasteiger partial charge on any atom is -0.465 e. The number of hydrogen-bond donors (Lipinski definition) is 1. The topological polar surface area (TPSA) is 88.2 Å². The number of nitrogens with zero attached hydrogens (tertiary/aromatic N) is 2. The SMILES string of the molecule is COC(=O)c1ccc2c(c1)C(=O)N(C[C@@]1(Cc3ccccc3)CN(C(=O)OC(C)(C)C)[C@H](C)CN1)C2. The third-order valence-electron chi connectivity index (χ3n) is 6.69. The Kier molecular flexibility index (Phi) is 7.09. The van der Waals surface area contributed by atoms with Crippen molar-refractivity contribution in [2.45, 2.75) is 57.8 Å². The van der Waals surface area contributed by atoms with Crippen LogP contribution in [0.25, 0.3) is 0 Å². The summed E-state index contributed by atoms with van der Waals surface area (Å²) in [6.45, 7) is 9.38. The lowest BCUT2D eigenvalue weighted by atomic mass is 9.86. The molecule has 0 radical (unpaired) electrons. The lowest BCUT2D eigenvalue weighted by Gasteiger charge is -2.48. The van der Waals surface area contributed by atoms with Crippen LogP contribution in [0.1, 0.15) is 59.5 Å². The van der Waals surface area contributed by atoms with Gasteiger partial charge in [-0.3, -0.25) is 4.79 Å². The monoisotopic (exact) mass is 493 g/mol. The third kappa shape index (κ3) is 5.54. The van der Waals surface area contributed by atoms with Crippen LogP contribution in [0.15, 0.2) is 48.5 Å². The van der Waals surface area contributed by atoms with Gasteiger partial charge >= 0.3 is 12.1 Å². The predicted molar refractivity (Wildman–Crippen MR) is 136 cm³/mol. The maximum Gasteiger partial charge on any atom is 0.410 e. The van der Waals surface area contributed by atoms with Crippen LogP contribution in [0, 0.1) is 0 Å². The fourth-order valence-electron chi connectivity index (χ4n) is 4.94. The van der Waals surface area contributed by atoms with Crippen LogP contribution in [0.5, 0.6) is 0 Å². The van der Waals surface area contributed by atoms with Crippen LogP contribution in [-0.2, 0) is 22.4 Å². The highest BCUT2D eigenvalue weighted by molar-refractivity contribution is 6.01. The van der Waals surface area contributed by atoms with Crippen molar-refractivity contribution in [3.8, 4) is 0 Å². The molecule has 2 amide bonds. The molecule has 1 N–H and O–H groups in total. The molecule has 2 aliphatic heterocycles. The minimum absolute atomic E-state index is 0.0576. The van der Waals surface area contributed by atoms with Crippen molar-refractivity contribution < 1.29 is 23.9 Å². The zero-order chi connectivity index (χ0) is 26.1. The highest BCUT2D eigenvalue weighted by atomic mass is 16.6. The number of esters is 1. The van der Waals surface area contributed by atoms with E-state index in [1.807, 2.05) is 52.0 Å². The van der Waals surface area contributed by atoms with E-state index in [4.69, 9.17) is 9.47 Å². The summed E-state index contributed by atoms with van der Waals surface area (Å²) >= 11 is 0. The molecule has 8 nitrogen and oxygen atoms in total. The van der Waals surface area contributed by atoms with Crippen molar-refractivity contribution in [3.63, 3.8) is 0 Å². The van der Waals surface area contributed by atoms with Gasteiger partial charge in [0, 0.05) is 37.8 Å². The number of ether oxygens (including phenoxy) is 2. The number of fused-ring (bicyclic) bond motifs is 1. The maximum atomic E-state index is 13.4. The molecule has 2 aromatic carbocycles. The number of amides is 2. The second-order valence-electron chi connectivity index (χ2n) is 10.8. The van der Waals surface area contributed by atoms with Crippen molar-refractivity contribution in [1.82, 2.24) is 15.1 Å². The van der Waals surface area contributed by atoms with Gasteiger partial charge in [-0.25, -0.2) is 9.59 Å². The predicted octanol–water partition coefficient (Wildman–Crippen LogP) is 3.64. The number of carbonyl (C=O) groups excluding carboxylic acids is 3. The summed E-state index contributed by atoms with van der Waals surface area (Å²) in [6.07, 6.45) is 0.278. The molecular formula is C28H35N3O5. The fraction of sp³-hybridized carbons (Fsp3) is 0.464. The molecule has 0 aliphatic carbocycles. The Morgan fingerprint density at radius 2 is 1.86 bits per heavy atom. The molecule has 192 valence electrons. The Balaban J connectivity index is 1.62. The molecular weight excluding hydrogens is 458 g/mol. The average molecular weight is 494 g/mol. The van der Waals surface area contributed by atoms with Crippen molar-refractivity contribution in [3.05, 3.63) is 70.8 Å². The van der Waals surface area contributed by atoms with Gasteiger partial charge in [0.05, 0.1) is 18.2 Å². The molecule has 2 aliphatic rings. The molecule has 2 aromatic rings. The fourth-order valence-corrected chi connectivity index (χ4v) is 4.94. The summed E-state index contributed by atoms with van der Waals surface area (Å²) in [4.78, 5) is 42.1. The number of rotatable bonds is 5. The van der Waals surface area contributed by atoms with Crippen LogP contribution in [-0.4, -0.2) is 71.7 Å². The van der Waals surface area contributed by atoms with Crippen molar-refractivity contribution in [2.24, 2.45) is 0 Å². The second-order valence-corrected chi connectivity index (χ2v) is 10.8. The highest BCUT2D eigenvalue weighted by Gasteiger charge is 2.44. The second kappa shape index (κ2) is 9.93. The highest BCUT2D eigenvalue weighted by Crippen LogP contribution is 2.30. The summed E-state index contributed by atoms with van der Waals surface area (Å²) in [6, 6.07) is 15.1. The third-order valence-corrected chi connectivity index (χ3v) is 6.69. The first kappa shape index (κ1) is 25.7. The largest absolute Gasteiger partial charge is 0.465 e. The van der Waals surface area contributed by atoms with Gasteiger partial charge in [0.25, 0.3) is 5.91 Å². The van der Waals surface area contributed by atoms with E-state index in [1.54, 1.807) is 21.9 Å². The Labute approximate surface area is 212 Å². The molecule has 0 spiro atoms. The molecule has 0 unspecified atom stereocenters. The number of hydrogen-bond acceptors (Lipinski definition) is 6. The molecule has 2 heterocycles. The van der Waals surface area contributed by atoms with Crippen LogP contribution in [0.4, 0.5) is 4.79 Å². The summed E-state index contributed by atoms with van der Waals surface area (Å²) in [5, 5.41) is 3.67. The van der Waals surface area contributed by atoms with Crippen LogP contribution < -0.4 is 5.32 Å². The number of nitrogens with one attached hydrogen (secondary N) is 1. The molecule has 0 bridgehead atoms. The summed E-state index contributed by atoms with van der Waals surface area (Å²) < 4.78 is 10.5. The normalized spacial score (nSPS) is 21.8. The first-order valence-corrected chi connectivity index (χ1v) is 12.3. The molecule has 0 saturated carbocycles. The lowest BCUT2D eigenvalue weighted by molar-refractivity contribution is -0.00383. The van der Waals surface area contributed by atoms with E-state index in [9.17, 15) is 14.4 Å². The molecule has 1 fully saturated rings. The van der Waals surface area contributed by atoms with Gasteiger partial charge < -0.3 is 24.6 Å². The van der Waals surface area contributed by atoms with Crippen LogP contribution >= 0.6 is 0 Å². The van der Waals surface area contributed by atoms with Crippen LogP contribution in [0.2, 0.25) is 0 Å². The zero-order valence-electron chi connectivity index (χ0n) is 21.7. The molecule has 4 rings (SSSR count).